The van der Waals surface area contributed by atoms with Crippen molar-refractivity contribution in [2.45, 2.75) is 13.5 Å². The SMILES string of the molecule is Cc1c(Nc2c(C#N)cncc2-c2cc3cc(CN4CCN(C)CC4)ccc3o2)cc(Cl)c2[nH]ccc12. The lowest BCUT2D eigenvalue weighted by atomic mass is 10.1. The number of anilines is 2. The molecule has 1 aliphatic rings. The lowest BCUT2D eigenvalue weighted by Gasteiger charge is -2.32. The van der Waals surface area contributed by atoms with Gasteiger partial charge in [-0.2, -0.15) is 5.26 Å². The Kier molecular flexibility index (Phi) is 6.09. The van der Waals surface area contributed by atoms with Gasteiger partial charge in [0.2, 0.25) is 0 Å². The summed E-state index contributed by atoms with van der Waals surface area (Å²) in [5, 5.41) is 16.0. The zero-order valence-electron chi connectivity index (χ0n) is 20.8. The molecular formula is C29H27ClN6O. The third kappa shape index (κ3) is 4.44. The van der Waals surface area contributed by atoms with Gasteiger partial charge in [0.1, 0.15) is 17.4 Å². The van der Waals surface area contributed by atoms with E-state index in [1.165, 1.54) is 5.56 Å². The van der Waals surface area contributed by atoms with Gasteiger partial charge in [0, 0.05) is 67.8 Å². The van der Waals surface area contributed by atoms with Crippen LogP contribution in [0.15, 0.2) is 59.4 Å². The summed E-state index contributed by atoms with van der Waals surface area (Å²) in [5.74, 6) is 0.658. The number of aromatic amines is 1. The largest absolute Gasteiger partial charge is 0.456 e. The Morgan fingerprint density at radius 1 is 1.14 bits per heavy atom. The number of rotatable bonds is 5. The fraction of sp³-hybridized carbons (Fsp3) is 0.241. The molecule has 2 N–H and O–H groups in total. The number of hydrogen-bond acceptors (Lipinski definition) is 6. The van der Waals surface area contributed by atoms with Crippen molar-refractivity contribution in [3.63, 3.8) is 0 Å². The molecule has 0 saturated carbocycles. The molecule has 0 amide bonds. The smallest absolute Gasteiger partial charge is 0.139 e. The summed E-state index contributed by atoms with van der Waals surface area (Å²) in [7, 11) is 2.17. The summed E-state index contributed by atoms with van der Waals surface area (Å²) < 4.78 is 6.26. The maximum atomic E-state index is 9.88. The second-order valence-corrected chi connectivity index (χ2v) is 10.1. The van der Waals surface area contributed by atoms with Crippen molar-refractivity contribution in [1.82, 2.24) is 19.8 Å². The predicted molar refractivity (Wildman–Crippen MR) is 148 cm³/mol. The van der Waals surface area contributed by atoms with Crippen LogP contribution < -0.4 is 5.32 Å². The predicted octanol–water partition coefficient (Wildman–Crippen LogP) is 6.30. The molecule has 1 saturated heterocycles. The minimum Gasteiger partial charge on any atom is -0.456 e. The second-order valence-electron chi connectivity index (χ2n) is 9.71. The third-order valence-electron chi connectivity index (χ3n) is 7.24. The van der Waals surface area contributed by atoms with Gasteiger partial charge < -0.3 is 19.6 Å². The van der Waals surface area contributed by atoms with Gasteiger partial charge in [-0.15, -0.1) is 0 Å². The third-order valence-corrected chi connectivity index (χ3v) is 7.54. The highest BCUT2D eigenvalue weighted by atomic mass is 35.5. The van der Waals surface area contributed by atoms with E-state index < -0.39 is 0 Å². The minimum atomic E-state index is 0.429. The van der Waals surface area contributed by atoms with Gasteiger partial charge in [0.25, 0.3) is 0 Å². The van der Waals surface area contributed by atoms with Crippen LogP contribution in [0.25, 0.3) is 33.2 Å². The molecule has 1 fully saturated rings. The Morgan fingerprint density at radius 3 is 2.78 bits per heavy atom. The van der Waals surface area contributed by atoms with Crippen molar-refractivity contribution in [2.24, 2.45) is 0 Å². The number of halogens is 1. The Hall–Kier alpha value is -3.83. The number of furan rings is 1. The lowest BCUT2D eigenvalue weighted by Crippen LogP contribution is -2.43. The van der Waals surface area contributed by atoms with Gasteiger partial charge in [-0.05, 0) is 55.4 Å². The highest BCUT2D eigenvalue weighted by Crippen LogP contribution is 2.39. The van der Waals surface area contributed by atoms with Crippen LogP contribution in [0.2, 0.25) is 5.02 Å². The van der Waals surface area contributed by atoms with Crippen LogP contribution in [0.4, 0.5) is 11.4 Å². The number of fused-ring (bicyclic) bond motifs is 2. The number of nitriles is 1. The first-order valence-corrected chi connectivity index (χ1v) is 12.7. The van der Waals surface area contributed by atoms with E-state index in [0.29, 0.717) is 22.0 Å². The van der Waals surface area contributed by atoms with Gasteiger partial charge in [-0.25, -0.2) is 0 Å². The van der Waals surface area contributed by atoms with E-state index in [9.17, 15) is 5.26 Å². The maximum absolute atomic E-state index is 9.88. The molecule has 8 heteroatoms. The summed E-state index contributed by atoms with van der Waals surface area (Å²) in [6.07, 6.45) is 5.17. The molecule has 4 heterocycles. The second kappa shape index (κ2) is 9.56. The van der Waals surface area contributed by atoms with Crippen molar-refractivity contribution in [1.29, 1.82) is 5.26 Å². The van der Waals surface area contributed by atoms with E-state index in [1.54, 1.807) is 12.4 Å². The van der Waals surface area contributed by atoms with Gasteiger partial charge in [-0.1, -0.05) is 17.7 Å². The molecule has 0 atom stereocenters. The maximum Gasteiger partial charge on any atom is 0.139 e. The number of piperazine rings is 1. The molecule has 37 heavy (non-hydrogen) atoms. The fourth-order valence-corrected chi connectivity index (χ4v) is 5.32. The van der Waals surface area contributed by atoms with Crippen LogP contribution in [-0.4, -0.2) is 53.0 Å². The molecule has 186 valence electrons. The lowest BCUT2D eigenvalue weighted by molar-refractivity contribution is 0.148. The van der Waals surface area contributed by atoms with Crippen molar-refractivity contribution < 1.29 is 4.42 Å². The van der Waals surface area contributed by atoms with E-state index in [2.05, 4.69) is 50.3 Å². The molecule has 0 bridgehead atoms. The Morgan fingerprint density at radius 2 is 1.97 bits per heavy atom. The average Bonchev–Trinajstić information content (AvgIpc) is 3.56. The topological polar surface area (TPSA) is 84.1 Å². The number of aryl methyl sites for hydroxylation is 1. The molecule has 2 aromatic carbocycles. The summed E-state index contributed by atoms with van der Waals surface area (Å²) in [6.45, 7) is 7.29. The molecule has 7 nitrogen and oxygen atoms in total. The molecule has 6 rings (SSSR count). The number of hydrogen-bond donors (Lipinski definition) is 2. The van der Waals surface area contributed by atoms with Crippen LogP contribution in [-0.2, 0) is 6.54 Å². The molecular weight excluding hydrogens is 484 g/mol. The van der Waals surface area contributed by atoms with Crippen LogP contribution in [0.3, 0.4) is 0 Å². The van der Waals surface area contributed by atoms with E-state index in [-0.39, 0.29) is 0 Å². The Labute approximate surface area is 220 Å². The van der Waals surface area contributed by atoms with E-state index in [0.717, 1.165) is 71.4 Å². The van der Waals surface area contributed by atoms with Gasteiger partial charge in [0.15, 0.2) is 0 Å². The van der Waals surface area contributed by atoms with Crippen molar-refractivity contribution in [3.8, 4) is 17.4 Å². The minimum absolute atomic E-state index is 0.429. The monoisotopic (exact) mass is 510 g/mol. The molecule has 0 radical (unpaired) electrons. The molecule has 0 unspecified atom stereocenters. The van der Waals surface area contributed by atoms with Gasteiger partial charge in [-0.3, -0.25) is 9.88 Å². The quantitative estimate of drug-likeness (QED) is 0.288. The average molecular weight is 511 g/mol. The van der Waals surface area contributed by atoms with Crippen molar-refractivity contribution in [2.75, 3.05) is 38.5 Å². The number of likely N-dealkylation sites (N-methyl/N-ethyl adjacent to an activating group) is 1. The Balaban J connectivity index is 1.36. The number of nitrogens with zero attached hydrogens (tertiary/aromatic N) is 4. The number of pyridine rings is 1. The van der Waals surface area contributed by atoms with Crippen LogP contribution in [0, 0.1) is 18.3 Å². The number of benzene rings is 2. The zero-order chi connectivity index (χ0) is 25.5. The standard InChI is InChI=1S/C29H27ClN6O/c1-18-22-5-6-33-29(22)24(30)13-25(18)34-28-21(14-31)15-32-16-23(28)27-12-20-11-19(3-4-26(20)37-27)17-36-9-7-35(2)8-10-36/h3-6,11-13,15-16,33H,7-10,17H2,1-2H3,(H,32,34). The number of nitrogens with one attached hydrogen (secondary N) is 2. The highest BCUT2D eigenvalue weighted by molar-refractivity contribution is 6.35. The van der Waals surface area contributed by atoms with Crippen molar-refractivity contribution >= 4 is 44.8 Å². The van der Waals surface area contributed by atoms with Crippen LogP contribution in [0.5, 0.6) is 0 Å². The summed E-state index contributed by atoms with van der Waals surface area (Å²) in [6, 6.07) is 14.5. The molecule has 3 aromatic heterocycles. The number of aromatic nitrogens is 2. The fourth-order valence-electron chi connectivity index (χ4n) is 5.05. The van der Waals surface area contributed by atoms with E-state index in [4.69, 9.17) is 16.0 Å². The van der Waals surface area contributed by atoms with Crippen LogP contribution >= 0.6 is 11.6 Å². The first kappa shape index (κ1) is 23.6. The Bertz CT molecular complexity index is 1650. The molecule has 5 aromatic rings. The molecule has 0 aliphatic carbocycles. The van der Waals surface area contributed by atoms with E-state index >= 15 is 0 Å². The normalized spacial score (nSPS) is 14.9. The summed E-state index contributed by atoms with van der Waals surface area (Å²) in [5.41, 5.74) is 6.61. The van der Waals surface area contributed by atoms with Crippen LogP contribution in [0.1, 0.15) is 16.7 Å². The summed E-state index contributed by atoms with van der Waals surface area (Å²) >= 11 is 6.54. The first-order valence-electron chi connectivity index (χ1n) is 12.3. The molecule has 1 aliphatic heterocycles. The highest BCUT2D eigenvalue weighted by Gasteiger charge is 2.19. The number of H-pyrrole nitrogens is 1. The molecule has 0 spiro atoms. The van der Waals surface area contributed by atoms with Crippen molar-refractivity contribution in [3.05, 3.63) is 76.7 Å². The summed E-state index contributed by atoms with van der Waals surface area (Å²) in [4.78, 5) is 12.4. The van der Waals surface area contributed by atoms with Gasteiger partial charge in [0.05, 0.1) is 27.4 Å². The van der Waals surface area contributed by atoms with E-state index in [1.807, 2.05) is 37.4 Å². The first-order chi connectivity index (χ1) is 18.0. The van der Waals surface area contributed by atoms with Gasteiger partial charge >= 0.3 is 0 Å². The zero-order valence-corrected chi connectivity index (χ0v) is 21.6.